The van der Waals surface area contributed by atoms with Crippen molar-refractivity contribution in [2.24, 2.45) is 0 Å². The van der Waals surface area contributed by atoms with Crippen molar-refractivity contribution in [3.8, 4) is 5.75 Å². The van der Waals surface area contributed by atoms with E-state index in [0.717, 1.165) is 37.7 Å². The minimum atomic E-state index is 0.148. The zero-order valence-corrected chi connectivity index (χ0v) is 14.4. The average molecular weight is 342 g/mol. The molecule has 0 saturated heterocycles. The Hall–Kier alpha value is -1.84. The van der Waals surface area contributed by atoms with Gasteiger partial charge < -0.3 is 10.0 Å². The molecule has 0 spiro atoms. The van der Waals surface area contributed by atoms with Gasteiger partial charge in [0.15, 0.2) is 0 Å². The van der Waals surface area contributed by atoms with Gasteiger partial charge in [-0.2, -0.15) is 0 Å². The van der Waals surface area contributed by atoms with E-state index >= 15 is 0 Å². The van der Waals surface area contributed by atoms with E-state index in [4.69, 9.17) is 11.6 Å². The van der Waals surface area contributed by atoms with Crippen molar-refractivity contribution in [3.63, 3.8) is 0 Å². The fourth-order valence-corrected chi connectivity index (χ4v) is 4.52. The van der Waals surface area contributed by atoms with E-state index in [2.05, 4.69) is 18.0 Å². The SMILES string of the molecule is CN1CCc2cc(Cl)c(O)cc2C2c3ccc(C=O)cc3CCC21. The second-order valence-corrected chi connectivity index (χ2v) is 7.30. The van der Waals surface area contributed by atoms with E-state index in [1.54, 1.807) is 0 Å². The van der Waals surface area contributed by atoms with Crippen molar-refractivity contribution >= 4 is 17.9 Å². The number of aromatic hydroxyl groups is 1. The minimum absolute atomic E-state index is 0.148. The number of hydrogen-bond donors (Lipinski definition) is 1. The van der Waals surface area contributed by atoms with Crippen LogP contribution in [0.4, 0.5) is 0 Å². The number of benzene rings is 2. The van der Waals surface area contributed by atoms with Crippen molar-refractivity contribution in [1.82, 2.24) is 4.90 Å². The molecule has 0 bridgehead atoms. The molecule has 2 aliphatic rings. The van der Waals surface area contributed by atoms with Crippen LogP contribution in [0.25, 0.3) is 0 Å². The highest BCUT2D eigenvalue weighted by molar-refractivity contribution is 6.32. The van der Waals surface area contributed by atoms with Crippen molar-refractivity contribution in [2.45, 2.75) is 31.2 Å². The lowest BCUT2D eigenvalue weighted by Gasteiger charge is -2.38. The Morgan fingerprint density at radius 3 is 2.75 bits per heavy atom. The summed E-state index contributed by atoms with van der Waals surface area (Å²) in [5.41, 5.74) is 5.63. The molecule has 1 aliphatic carbocycles. The average Bonchev–Trinajstić information content (AvgIpc) is 2.73. The van der Waals surface area contributed by atoms with Gasteiger partial charge in [0.2, 0.25) is 0 Å². The van der Waals surface area contributed by atoms with Gasteiger partial charge in [-0.25, -0.2) is 0 Å². The Morgan fingerprint density at radius 2 is 1.96 bits per heavy atom. The van der Waals surface area contributed by atoms with Gasteiger partial charge in [-0.1, -0.05) is 23.7 Å². The Labute approximate surface area is 146 Å². The Morgan fingerprint density at radius 1 is 1.17 bits per heavy atom. The van der Waals surface area contributed by atoms with Crippen LogP contribution in [0.3, 0.4) is 0 Å². The lowest BCUT2D eigenvalue weighted by molar-refractivity contribution is 0.112. The Balaban J connectivity index is 1.92. The molecular weight excluding hydrogens is 322 g/mol. The maximum absolute atomic E-state index is 11.1. The van der Waals surface area contributed by atoms with E-state index in [0.29, 0.717) is 11.1 Å². The zero-order chi connectivity index (χ0) is 16.8. The first-order valence-corrected chi connectivity index (χ1v) is 8.76. The zero-order valence-electron chi connectivity index (χ0n) is 13.6. The highest BCUT2D eigenvalue weighted by Crippen LogP contribution is 2.44. The van der Waals surface area contributed by atoms with Gasteiger partial charge in [0.25, 0.3) is 0 Å². The molecule has 0 fully saturated rings. The summed E-state index contributed by atoms with van der Waals surface area (Å²) in [6.07, 6.45) is 3.88. The van der Waals surface area contributed by atoms with Gasteiger partial charge in [-0.05, 0) is 66.8 Å². The highest BCUT2D eigenvalue weighted by Gasteiger charge is 2.36. The van der Waals surface area contributed by atoms with Crippen molar-refractivity contribution in [1.29, 1.82) is 0 Å². The number of fused-ring (bicyclic) bond motifs is 5. The summed E-state index contributed by atoms with van der Waals surface area (Å²) in [4.78, 5) is 13.5. The van der Waals surface area contributed by atoms with Crippen LogP contribution in [0.5, 0.6) is 5.75 Å². The van der Waals surface area contributed by atoms with Crippen LogP contribution in [-0.4, -0.2) is 35.9 Å². The molecule has 2 atom stereocenters. The van der Waals surface area contributed by atoms with Crippen LogP contribution >= 0.6 is 11.6 Å². The number of likely N-dealkylation sites (N-methyl/N-ethyl adjacent to an activating group) is 1. The number of hydrogen-bond acceptors (Lipinski definition) is 3. The third-order valence-corrected chi connectivity index (χ3v) is 5.88. The smallest absolute Gasteiger partial charge is 0.150 e. The van der Waals surface area contributed by atoms with Crippen molar-refractivity contribution < 1.29 is 9.90 Å². The predicted molar refractivity (Wildman–Crippen MR) is 95.2 cm³/mol. The molecule has 2 aromatic rings. The van der Waals surface area contributed by atoms with Crippen LogP contribution < -0.4 is 0 Å². The first kappa shape index (κ1) is 15.7. The summed E-state index contributed by atoms with van der Waals surface area (Å²) in [5.74, 6) is 0.357. The number of carbonyl (C=O) groups is 1. The second kappa shape index (κ2) is 5.91. The van der Waals surface area contributed by atoms with E-state index in [-0.39, 0.29) is 11.7 Å². The summed E-state index contributed by atoms with van der Waals surface area (Å²) in [6, 6.07) is 10.2. The monoisotopic (exact) mass is 341 g/mol. The van der Waals surface area contributed by atoms with Crippen LogP contribution in [0.15, 0.2) is 30.3 Å². The number of phenolic OH excluding ortho intramolecular Hbond substituents is 1. The molecule has 4 heteroatoms. The highest BCUT2D eigenvalue weighted by atomic mass is 35.5. The van der Waals surface area contributed by atoms with Crippen LogP contribution in [-0.2, 0) is 12.8 Å². The van der Waals surface area contributed by atoms with Gasteiger partial charge in [0.1, 0.15) is 12.0 Å². The topological polar surface area (TPSA) is 40.5 Å². The molecule has 2 unspecified atom stereocenters. The van der Waals surface area contributed by atoms with E-state index in [9.17, 15) is 9.90 Å². The molecule has 3 nitrogen and oxygen atoms in total. The molecule has 0 radical (unpaired) electrons. The van der Waals surface area contributed by atoms with Gasteiger partial charge in [-0.15, -0.1) is 0 Å². The normalized spacial score (nSPS) is 22.9. The molecule has 1 aliphatic heterocycles. The summed E-state index contributed by atoms with van der Waals surface area (Å²) in [5, 5.41) is 10.6. The molecule has 2 aromatic carbocycles. The number of nitrogens with zero attached hydrogens (tertiary/aromatic N) is 1. The molecule has 0 amide bonds. The molecular formula is C20H20ClNO2. The van der Waals surface area contributed by atoms with E-state index in [1.165, 1.54) is 22.3 Å². The molecule has 0 aromatic heterocycles. The van der Waals surface area contributed by atoms with Gasteiger partial charge in [0, 0.05) is 24.1 Å². The number of aryl methyl sites for hydroxylation is 1. The third kappa shape index (κ3) is 2.43. The van der Waals surface area contributed by atoms with E-state index in [1.807, 2.05) is 24.3 Å². The predicted octanol–water partition coefficient (Wildman–Crippen LogP) is 3.79. The number of carbonyl (C=O) groups excluding carboxylic acids is 1. The summed E-state index contributed by atoms with van der Waals surface area (Å²) in [7, 11) is 2.18. The van der Waals surface area contributed by atoms with Crippen molar-refractivity contribution in [3.05, 3.63) is 63.2 Å². The minimum Gasteiger partial charge on any atom is -0.506 e. The van der Waals surface area contributed by atoms with Gasteiger partial charge in [-0.3, -0.25) is 4.79 Å². The quantitative estimate of drug-likeness (QED) is 0.802. The maximum Gasteiger partial charge on any atom is 0.150 e. The fraction of sp³-hybridized carbons (Fsp3) is 0.350. The molecule has 1 N–H and O–H groups in total. The number of rotatable bonds is 1. The van der Waals surface area contributed by atoms with Crippen LogP contribution in [0.1, 0.15) is 45.0 Å². The fourth-order valence-electron chi connectivity index (χ4n) is 4.33. The largest absolute Gasteiger partial charge is 0.506 e. The molecule has 4 rings (SSSR count). The van der Waals surface area contributed by atoms with Gasteiger partial charge >= 0.3 is 0 Å². The second-order valence-electron chi connectivity index (χ2n) is 6.89. The number of halogens is 1. The van der Waals surface area contributed by atoms with E-state index < -0.39 is 0 Å². The number of phenols is 1. The van der Waals surface area contributed by atoms with Crippen LogP contribution in [0, 0.1) is 0 Å². The Kier molecular flexibility index (Phi) is 3.86. The molecule has 124 valence electrons. The summed E-state index contributed by atoms with van der Waals surface area (Å²) in [6.45, 7) is 0.983. The van der Waals surface area contributed by atoms with Crippen molar-refractivity contribution in [2.75, 3.05) is 13.6 Å². The third-order valence-electron chi connectivity index (χ3n) is 5.58. The summed E-state index contributed by atoms with van der Waals surface area (Å²) >= 11 is 6.15. The number of aldehydes is 1. The van der Waals surface area contributed by atoms with Crippen LogP contribution in [0.2, 0.25) is 5.02 Å². The lowest BCUT2D eigenvalue weighted by Crippen LogP contribution is -2.39. The lowest BCUT2D eigenvalue weighted by atomic mass is 9.74. The first-order chi connectivity index (χ1) is 11.6. The maximum atomic E-state index is 11.1. The molecule has 1 heterocycles. The van der Waals surface area contributed by atoms with Gasteiger partial charge in [0.05, 0.1) is 5.02 Å². The first-order valence-electron chi connectivity index (χ1n) is 8.38. The summed E-state index contributed by atoms with van der Waals surface area (Å²) < 4.78 is 0. The molecule has 0 saturated carbocycles. The standard InChI is InChI=1S/C20H20ClNO2/c1-22-7-6-14-9-17(21)19(24)10-16(14)20-15-4-2-12(11-23)8-13(15)3-5-18(20)22/h2,4,8-11,18,20,24H,3,5-7H2,1H3. The molecule has 24 heavy (non-hydrogen) atoms. The Bertz CT molecular complexity index is 818.